The van der Waals surface area contributed by atoms with Gasteiger partial charge in [-0.25, -0.2) is 4.79 Å². The largest absolute Gasteiger partial charge is 0.490 e. The molecule has 0 aliphatic carbocycles. The van der Waals surface area contributed by atoms with Crippen LogP contribution >= 0.6 is 11.6 Å². The number of carbonyl (C=O) groups is 2. The van der Waals surface area contributed by atoms with Gasteiger partial charge in [0.15, 0.2) is 11.5 Å². The Hall–Kier alpha value is -4.22. The predicted molar refractivity (Wildman–Crippen MR) is 126 cm³/mol. The number of anilines is 1. The van der Waals surface area contributed by atoms with Gasteiger partial charge >= 0.3 is 5.97 Å². The van der Waals surface area contributed by atoms with E-state index in [4.69, 9.17) is 30.6 Å². The van der Waals surface area contributed by atoms with Gasteiger partial charge in [-0.15, -0.1) is 0 Å². The third-order valence-electron chi connectivity index (χ3n) is 4.70. The van der Waals surface area contributed by atoms with Gasteiger partial charge in [0.2, 0.25) is 5.76 Å². The van der Waals surface area contributed by atoms with Crippen LogP contribution in [0.3, 0.4) is 0 Å². The van der Waals surface area contributed by atoms with Crippen molar-refractivity contribution in [2.45, 2.75) is 20.5 Å². The Morgan fingerprint density at radius 2 is 1.97 bits per heavy atom. The Labute approximate surface area is 201 Å². The molecule has 9 heteroatoms. The molecule has 0 saturated heterocycles. The van der Waals surface area contributed by atoms with Gasteiger partial charge in [-0.3, -0.25) is 4.79 Å². The number of hydrogen-bond donors (Lipinski definition) is 2. The summed E-state index contributed by atoms with van der Waals surface area (Å²) in [6.07, 6.45) is 1.44. The lowest BCUT2D eigenvalue weighted by Crippen LogP contribution is -2.14. The fourth-order valence-corrected chi connectivity index (χ4v) is 3.14. The van der Waals surface area contributed by atoms with Crippen molar-refractivity contribution in [2.24, 2.45) is 0 Å². The zero-order valence-corrected chi connectivity index (χ0v) is 19.2. The highest BCUT2D eigenvalue weighted by atomic mass is 35.5. The van der Waals surface area contributed by atoms with Crippen LogP contribution in [0.1, 0.15) is 34.4 Å². The molecule has 3 rings (SSSR count). The molecule has 0 bridgehead atoms. The molecule has 0 fully saturated rings. The lowest BCUT2D eigenvalue weighted by molar-refractivity contribution is -0.112. The molecule has 34 heavy (non-hydrogen) atoms. The highest BCUT2D eigenvalue weighted by Gasteiger charge is 2.14. The second-order valence-corrected chi connectivity index (χ2v) is 7.44. The maximum Gasteiger partial charge on any atom is 0.371 e. The smallest absolute Gasteiger partial charge is 0.371 e. The number of aromatic carboxylic acids is 1. The van der Waals surface area contributed by atoms with Gasteiger partial charge in [-0.05, 0) is 67.4 Å². The molecule has 2 N–H and O–H groups in total. The molecule has 0 aliphatic heterocycles. The van der Waals surface area contributed by atoms with Gasteiger partial charge in [0.1, 0.15) is 24.0 Å². The van der Waals surface area contributed by atoms with Crippen molar-refractivity contribution in [2.75, 3.05) is 11.9 Å². The molecule has 174 valence electrons. The minimum atomic E-state index is -1.17. The number of nitriles is 1. The van der Waals surface area contributed by atoms with Crippen LogP contribution in [0.4, 0.5) is 5.69 Å². The number of furan rings is 1. The molecule has 1 heterocycles. The third-order valence-corrected chi connectivity index (χ3v) is 5.11. The van der Waals surface area contributed by atoms with Crippen molar-refractivity contribution in [3.05, 3.63) is 81.8 Å². The average Bonchev–Trinajstić information content (AvgIpc) is 3.29. The first-order chi connectivity index (χ1) is 16.3. The maximum atomic E-state index is 12.6. The van der Waals surface area contributed by atoms with E-state index in [1.807, 2.05) is 6.07 Å². The van der Waals surface area contributed by atoms with Gasteiger partial charge in [-0.2, -0.15) is 5.26 Å². The number of benzene rings is 2. The first-order valence-corrected chi connectivity index (χ1v) is 10.6. The molecular weight excluding hydrogens is 460 g/mol. The Morgan fingerprint density at radius 1 is 1.18 bits per heavy atom. The number of carboxylic acids is 1. The molecule has 0 aliphatic rings. The predicted octanol–water partition coefficient (Wildman–Crippen LogP) is 5.46. The summed E-state index contributed by atoms with van der Waals surface area (Å²) in [6, 6.07) is 14.8. The molecule has 0 spiro atoms. The van der Waals surface area contributed by atoms with Crippen LogP contribution in [0, 0.1) is 18.3 Å². The summed E-state index contributed by atoms with van der Waals surface area (Å²) in [7, 11) is 0. The Bertz CT molecular complexity index is 1290. The molecule has 0 radical (unpaired) electrons. The topological polar surface area (TPSA) is 122 Å². The van der Waals surface area contributed by atoms with Gasteiger partial charge < -0.3 is 24.3 Å². The highest BCUT2D eigenvalue weighted by Crippen LogP contribution is 2.30. The lowest BCUT2D eigenvalue weighted by Gasteiger charge is -2.12. The van der Waals surface area contributed by atoms with E-state index in [1.54, 1.807) is 50.2 Å². The summed E-state index contributed by atoms with van der Waals surface area (Å²) in [5, 5.41) is 21.7. The number of hydrogen-bond acceptors (Lipinski definition) is 6. The summed E-state index contributed by atoms with van der Waals surface area (Å²) >= 11 is 6.09. The molecular formula is C25H21ClN2O6. The second kappa shape index (κ2) is 11.1. The van der Waals surface area contributed by atoms with Crippen LogP contribution in [0.15, 0.2) is 58.5 Å². The number of amides is 1. The summed E-state index contributed by atoms with van der Waals surface area (Å²) in [4.78, 5) is 23.6. The van der Waals surface area contributed by atoms with Crippen molar-refractivity contribution in [3.63, 3.8) is 0 Å². The quantitative estimate of drug-likeness (QED) is 0.308. The van der Waals surface area contributed by atoms with Crippen LogP contribution < -0.4 is 14.8 Å². The number of rotatable bonds is 9. The second-order valence-electron chi connectivity index (χ2n) is 7.04. The first kappa shape index (κ1) is 24.4. The SMILES string of the molecule is CCOc1cc(C=C(C#N)C(=O)Nc2cccc(Cl)c2C)ccc1OCc1ccc(C(=O)O)o1. The number of halogens is 1. The molecule has 3 aromatic rings. The van der Waals surface area contributed by atoms with Gasteiger partial charge in [0, 0.05) is 10.7 Å². The van der Waals surface area contributed by atoms with Crippen LogP contribution in [0.25, 0.3) is 6.08 Å². The lowest BCUT2D eigenvalue weighted by atomic mass is 10.1. The monoisotopic (exact) mass is 480 g/mol. The molecule has 2 aromatic carbocycles. The summed E-state index contributed by atoms with van der Waals surface area (Å²) in [5.74, 6) is -0.796. The van der Waals surface area contributed by atoms with E-state index in [0.717, 1.165) is 0 Å². The number of carboxylic acid groups (broad SMARTS) is 1. The van der Waals surface area contributed by atoms with Gasteiger partial charge in [0.25, 0.3) is 5.91 Å². The van der Waals surface area contributed by atoms with Crippen LogP contribution in [0.5, 0.6) is 11.5 Å². The zero-order valence-electron chi connectivity index (χ0n) is 18.4. The summed E-state index contributed by atoms with van der Waals surface area (Å²) in [6.45, 7) is 3.92. The van der Waals surface area contributed by atoms with Crippen LogP contribution in [0.2, 0.25) is 5.02 Å². The van der Waals surface area contributed by atoms with E-state index >= 15 is 0 Å². The Kier molecular flexibility index (Phi) is 7.96. The third kappa shape index (κ3) is 5.97. The van der Waals surface area contributed by atoms with E-state index in [2.05, 4.69) is 5.32 Å². The summed E-state index contributed by atoms with van der Waals surface area (Å²) in [5.41, 5.74) is 1.66. The van der Waals surface area contributed by atoms with Crippen LogP contribution in [-0.4, -0.2) is 23.6 Å². The summed E-state index contributed by atoms with van der Waals surface area (Å²) < 4.78 is 16.5. The highest BCUT2D eigenvalue weighted by molar-refractivity contribution is 6.31. The molecule has 0 saturated carbocycles. The maximum absolute atomic E-state index is 12.6. The van der Waals surface area contributed by atoms with Crippen molar-refractivity contribution in [1.29, 1.82) is 5.26 Å². The van der Waals surface area contributed by atoms with Crippen molar-refractivity contribution in [3.8, 4) is 17.6 Å². The van der Waals surface area contributed by atoms with E-state index in [-0.39, 0.29) is 17.9 Å². The van der Waals surface area contributed by atoms with Crippen LogP contribution in [-0.2, 0) is 11.4 Å². The molecule has 1 amide bonds. The van der Waals surface area contributed by atoms with Crippen molar-refractivity contribution in [1.82, 2.24) is 0 Å². The van der Waals surface area contributed by atoms with E-state index in [9.17, 15) is 14.9 Å². The van der Waals surface area contributed by atoms with Crippen molar-refractivity contribution >= 4 is 35.2 Å². The zero-order chi connectivity index (χ0) is 24.7. The van der Waals surface area contributed by atoms with E-state index < -0.39 is 11.9 Å². The average molecular weight is 481 g/mol. The van der Waals surface area contributed by atoms with Crippen molar-refractivity contribution < 1.29 is 28.6 Å². The molecule has 1 aromatic heterocycles. The number of nitrogens with zero attached hydrogens (tertiary/aromatic N) is 1. The number of ether oxygens (including phenoxy) is 2. The fraction of sp³-hybridized carbons (Fsp3) is 0.160. The molecule has 0 atom stereocenters. The Morgan fingerprint density at radius 3 is 2.65 bits per heavy atom. The number of nitrogens with one attached hydrogen (secondary N) is 1. The molecule has 8 nitrogen and oxygen atoms in total. The standard InChI is InChI=1S/C25H21ClN2O6/c1-3-32-23-12-16(7-9-21(23)33-14-18-8-10-22(34-18)25(30)31)11-17(13-27)24(29)28-20-6-4-5-19(26)15(20)2/h4-12H,3,14H2,1-2H3,(H,28,29)(H,30,31). The first-order valence-electron chi connectivity index (χ1n) is 10.2. The van der Waals surface area contributed by atoms with Gasteiger partial charge in [0.05, 0.1) is 6.61 Å². The minimum absolute atomic E-state index is 0.00657. The normalized spacial score (nSPS) is 10.9. The van der Waals surface area contributed by atoms with Gasteiger partial charge in [-0.1, -0.05) is 23.7 Å². The van der Waals surface area contributed by atoms with E-state index in [1.165, 1.54) is 18.2 Å². The minimum Gasteiger partial charge on any atom is -0.490 e. The molecule has 0 unspecified atom stereocenters. The fourth-order valence-electron chi connectivity index (χ4n) is 2.97. The van der Waals surface area contributed by atoms with E-state index in [0.29, 0.717) is 45.7 Å². The Balaban J connectivity index is 1.79. The number of carbonyl (C=O) groups excluding carboxylic acids is 1.